The second kappa shape index (κ2) is 6.32. The number of aliphatic imine (C=N–C) groups is 1. The summed E-state index contributed by atoms with van der Waals surface area (Å²) in [5.41, 5.74) is 5.68. The van der Waals surface area contributed by atoms with Crippen LogP contribution >= 0.6 is 0 Å². The summed E-state index contributed by atoms with van der Waals surface area (Å²) < 4.78 is 5.36. The van der Waals surface area contributed by atoms with Gasteiger partial charge in [0, 0.05) is 47.2 Å². The molecule has 24 heavy (non-hydrogen) atoms. The Hall–Kier alpha value is -2.88. The molecular formula is C20H19N3O. The summed E-state index contributed by atoms with van der Waals surface area (Å²) in [5, 5.41) is 1.16. The lowest BCUT2D eigenvalue weighted by Gasteiger charge is -2.16. The summed E-state index contributed by atoms with van der Waals surface area (Å²) in [6.07, 6.45) is 10.1. The van der Waals surface area contributed by atoms with E-state index in [9.17, 15) is 0 Å². The molecule has 1 aromatic carbocycles. The average molecular weight is 317 g/mol. The van der Waals surface area contributed by atoms with Gasteiger partial charge in [0.05, 0.1) is 12.8 Å². The van der Waals surface area contributed by atoms with Crippen molar-refractivity contribution in [2.75, 3.05) is 13.7 Å². The van der Waals surface area contributed by atoms with Crippen LogP contribution in [0.4, 0.5) is 0 Å². The minimum Gasteiger partial charge on any atom is -0.497 e. The molecule has 0 fully saturated rings. The SMILES string of the molecule is COc1ccc2[nH]cc(/C=C3\CCCN=C3c3cccnc3)c2c1. The summed E-state index contributed by atoms with van der Waals surface area (Å²) in [5.74, 6) is 0.867. The first-order chi connectivity index (χ1) is 11.8. The number of aromatic nitrogens is 2. The lowest BCUT2D eigenvalue weighted by molar-refractivity contribution is 0.415. The maximum Gasteiger partial charge on any atom is 0.119 e. The monoisotopic (exact) mass is 317 g/mol. The number of ether oxygens (including phenoxy) is 1. The second-order valence-electron chi connectivity index (χ2n) is 5.90. The molecule has 3 heterocycles. The van der Waals surface area contributed by atoms with Crippen molar-refractivity contribution in [3.8, 4) is 5.75 Å². The maximum absolute atomic E-state index is 5.36. The molecule has 0 saturated heterocycles. The Morgan fingerprint density at radius 3 is 3.04 bits per heavy atom. The zero-order valence-corrected chi connectivity index (χ0v) is 13.6. The van der Waals surface area contributed by atoms with Gasteiger partial charge >= 0.3 is 0 Å². The van der Waals surface area contributed by atoms with Crippen molar-refractivity contribution < 1.29 is 4.74 Å². The van der Waals surface area contributed by atoms with Crippen molar-refractivity contribution in [1.29, 1.82) is 0 Å². The molecule has 1 aliphatic rings. The van der Waals surface area contributed by atoms with E-state index in [1.54, 1.807) is 13.3 Å². The molecule has 0 atom stereocenters. The quantitative estimate of drug-likeness (QED) is 0.785. The largest absolute Gasteiger partial charge is 0.497 e. The van der Waals surface area contributed by atoms with Crippen LogP contribution in [0.3, 0.4) is 0 Å². The molecule has 1 aliphatic heterocycles. The van der Waals surface area contributed by atoms with E-state index in [0.717, 1.165) is 52.9 Å². The number of hydrogen-bond donors (Lipinski definition) is 1. The lowest BCUT2D eigenvalue weighted by Crippen LogP contribution is -2.11. The topological polar surface area (TPSA) is 50.3 Å². The lowest BCUT2D eigenvalue weighted by atomic mass is 9.95. The number of nitrogens with one attached hydrogen (secondary N) is 1. The first-order valence-electron chi connectivity index (χ1n) is 8.16. The molecule has 0 unspecified atom stereocenters. The number of H-pyrrole nitrogens is 1. The Kier molecular flexibility index (Phi) is 3.87. The van der Waals surface area contributed by atoms with E-state index in [1.165, 1.54) is 5.57 Å². The van der Waals surface area contributed by atoms with Gasteiger partial charge in [-0.1, -0.05) is 0 Å². The van der Waals surface area contributed by atoms with Crippen LogP contribution in [-0.4, -0.2) is 29.3 Å². The molecule has 0 saturated carbocycles. The van der Waals surface area contributed by atoms with Gasteiger partial charge in [-0.3, -0.25) is 9.98 Å². The van der Waals surface area contributed by atoms with Gasteiger partial charge in [-0.2, -0.15) is 0 Å². The van der Waals surface area contributed by atoms with Crippen LogP contribution in [0.2, 0.25) is 0 Å². The molecule has 4 heteroatoms. The van der Waals surface area contributed by atoms with Gasteiger partial charge < -0.3 is 9.72 Å². The summed E-state index contributed by atoms with van der Waals surface area (Å²) in [7, 11) is 1.69. The third kappa shape index (κ3) is 2.71. The van der Waals surface area contributed by atoms with Crippen molar-refractivity contribution >= 4 is 22.7 Å². The van der Waals surface area contributed by atoms with Gasteiger partial charge in [-0.15, -0.1) is 0 Å². The molecule has 4 rings (SSSR count). The van der Waals surface area contributed by atoms with Crippen LogP contribution in [0.15, 0.2) is 59.5 Å². The van der Waals surface area contributed by atoms with E-state index in [4.69, 9.17) is 9.73 Å². The number of hydrogen-bond acceptors (Lipinski definition) is 3. The normalized spacial score (nSPS) is 16.4. The van der Waals surface area contributed by atoms with E-state index in [-0.39, 0.29) is 0 Å². The van der Waals surface area contributed by atoms with E-state index in [0.29, 0.717) is 0 Å². The fraction of sp³-hybridized carbons (Fsp3) is 0.200. The second-order valence-corrected chi connectivity index (χ2v) is 5.90. The first-order valence-corrected chi connectivity index (χ1v) is 8.16. The first kappa shape index (κ1) is 14.7. The van der Waals surface area contributed by atoms with Gasteiger partial charge in [0.2, 0.25) is 0 Å². The van der Waals surface area contributed by atoms with Gasteiger partial charge in [-0.05, 0) is 54.8 Å². The standard InChI is InChI=1S/C20H19N3O/c1-24-17-6-7-19-18(11-17)16(13-23-19)10-14-4-3-9-22-20(14)15-5-2-8-21-12-15/h2,5-8,10-13,23H,3-4,9H2,1H3/b14-10+. The van der Waals surface area contributed by atoms with Crippen LogP contribution < -0.4 is 4.74 Å². The molecule has 0 spiro atoms. The highest BCUT2D eigenvalue weighted by molar-refractivity contribution is 6.15. The Labute approximate surface area is 140 Å². The summed E-state index contributed by atoms with van der Waals surface area (Å²) >= 11 is 0. The molecular weight excluding hydrogens is 298 g/mol. The predicted molar refractivity (Wildman–Crippen MR) is 97.7 cm³/mol. The zero-order chi connectivity index (χ0) is 16.4. The van der Waals surface area contributed by atoms with E-state index in [2.05, 4.69) is 28.2 Å². The number of benzene rings is 1. The van der Waals surface area contributed by atoms with Crippen LogP contribution in [0.25, 0.3) is 17.0 Å². The molecule has 1 N–H and O–H groups in total. The zero-order valence-electron chi connectivity index (χ0n) is 13.6. The minimum absolute atomic E-state index is 0.867. The van der Waals surface area contributed by atoms with Crippen molar-refractivity contribution in [2.45, 2.75) is 12.8 Å². The van der Waals surface area contributed by atoms with Crippen molar-refractivity contribution in [2.24, 2.45) is 4.99 Å². The minimum atomic E-state index is 0.867. The van der Waals surface area contributed by atoms with Crippen LogP contribution in [-0.2, 0) is 0 Å². The summed E-state index contributed by atoms with van der Waals surface area (Å²) in [6.45, 7) is 0.878. The van der Waals surface area contributed by atoms with Crippen LogP contribution in [0.5, 0.6) is 5.75 Å². The Balaban J connectivity index is 1.79. The number of rotatable bonds is 3. The molecule has 0 amide bonds. The fourth-order valence-corrected chi connectivity index (χ4v) is 3.16. The highest BCUT2D eigenvalue weighted by Crippen LogP contribution is 2.28. The van der Waals surface area contributed by atoms with Gasteiger partial charge in [0.1, 0.15) is 5.75 Å². The Bertz CT molecular complexity index is 922. The molecule has 4 nitrogen and oxygen atoms in total. The number of nitrogens with zero attached hydrogens (tertiary/aromatic N) is 2. The van der Waals surface area contributed by atoms with Gasteiger partial charge in [0.15, 0.2) is 0 Å². The Morgan fingerprint density at radius 1 is 1.25 bits per heavy atom. The molecule has 2 aromatic heterocycles. The number of aromatic amines is 1. The predicted octanol–water partition coefficient (Wildman–Crippen LogP) is 4.24. The number of allylic oxidation sites excluding steroid dienone is 1. The third-order valence-electron chi connectivity index (χ3n) is 4.36. The van der Waals surface area contributed by atoms with Crippen molar-refractivity contribution in [3.05, 3.63) is 65.6 Å². The van der Waals surface area contributed by atoms with Crippen molar-refractivity contribution in [3.63, 3.8) is 0 Å². The molecule has 0 bridgehead atoms. The Morgan fingerprint density at radius 2 is 2.21 bits per heavy atom. The molecule has 120 valence electrons. The van der Waals surface area contributed by atoms with E-state index < -0.39 is 0 Å². The summed E-state index contributed by atoms with van der Waals surface area (Å²) in [6, 6.07) is 10.1. The molecule has 0 radical (unpaired) electrons. The third-order valence-corrected chi connectivity index (χ3v) is 4.36. The fourth-order valence-electron chi connectivity index (χ4n) is 3.16. The van der Waals surface area contributed by atoms with Crippen LogP contribution in [0, 0.1) is 0 Å². The van der Waals surface area contributed by atoms with Gasteiger partial charge in [0.25, 0.3) is 0 Å². The summed E-state index contributed by atoms with van der Waals surface area (Å²) in [4.78, 5) is 12.3. The average Bonchev–Trinajstić information content (AvgIpc) is 3.05. The highest BCUT2D eigenvalue weighted by atomic mass is 16.5. The molecule has 0 aliphatic carbocycles. The molecule has 3 aromatic rings. The van der Waals surface area contributed by atoms with Gasteiger partial charge in [-0.25, -0.2) is 0 Å². The highest BCUT2D eigenvalue weighted by Gasteiger charge is 2.15. The van der Waals surface area contributed by atoms with Crippen LogP contribution in [0.1, 0.15) is 24.0 Å². The maximum atomic E-state index is 5.36. The number of pyridine rings is 1. The van der Waals surface area contributed by atoms with E-state index in [1.807, 2.05) is 30.6 Å². The smallest absolute Gasteiger partial charge is 0.119 e. The van der Waals surface area contributed by atoms with E-state index >= 15 is 0 Å². The number of methoxy groups -OCH3 is 1. The van der Waals surface area contributed by atoms with Crippen molar-refractivity contribution in [1.82, 2.24) is 9.97 Å². The number of fused-ring (bicyclic) bond motifs is 1.